The summed E-state index contributed by atoms with van der Waals surface area (Å²) in [5, 5.41) is 0.988. The quantitative estimate of drug-likeness (QED) is 0.941. The molecule has 1 saturated heterocycles. The van der Waals surface area contributed by atoms with Gasteiger partial charge in [0.15, 0.2) is 0 Å². The largest absolute Gasteiger partial charge is 0.464 e. The summed E-state index contributed by atoms with van der Waals surface area (Å²) in [6, 6.07) is 4.06. The summed E-state index contributed by atoms with van der Waals surface area (Å²) in [7, 11) is 0. The smallest absolute Gasteiger partial charge is 0.227 e. The van der Waals surface area contributed by atoms with E-state index in [-0.39, 0.29) is 17.7 Å². The molecule has 1 unspecified atom stereocenters. The van der Waals surface area contributed by atoms with E-state index in [1.807, 2.05) is 19.9 Å². The van der Waals surface area contributed by atoms with Crippen LogP contribution in [0, 0.1) is 19.8 Å². The van der Waals surface area contributed by atoms with E-state index < -0.39 is 0 Å². The molecular formula is C17H20N2O3. The van der Waals surface area contributed by atoms with Crippen molar-refractivity contribution >= 4 is 22.8 Å². The summed E-state index contributed by atoms with van der Waals surface area (Å²) in [5.74, 6) is -0.519. The zero-order valence-electron chi connectivity index (χ0n) is 12.9. The van der Waals surface area contributed by atoms with Crippen LogP contribution in [-0.4, -0.2) is 29.8 Å². The standard InChI is InChI=1S/C17H20N2O3/c1-10-5-14-13(9-22-15(14)6-11(10)2)7-16(20)19-4-3-12(8-19)17(18)21/h5-6,9,12H,3-4,7-8H2,1-2H3,(H2,18,21). The molecule has 2 amide bonds. The molecule has 5 heteroatoms. The number of carbonyl (C=O) groups is 2. The topological polar surface area (TPSA) is 76.5 Å². The molecule has 2 N–H and O–H groups in total. The molecule has 1 aromatic heterocycles. The minimum atomic E-state index is -0.324. The van der Waals surface area contributed by atoms with Crippen molar-refractivity contribution < 1.29 is 14.0 Å². The third-order valence-corrected chi connectivity index (χ3v) is 4.56. The van der Waals surface area contributed by atoms with Crippen molar-refractivity contribution in [3.63, 3.8) is 0 Å². The number of hydrogen-bond acceptors (Lipinski definition) is 3. The maximum atomic E-state index is 12.4. The lowest BCUT2D eigenvalue weighted by atomic mass is 10.0. The molecule has 5 nitrogen and oxygen atoms in total. The second kappa shape index (κ2) is 5.48. The van der Waals surface area contributed by atoms with Crippen molar-refractivity contribution in [1.29, 1.82) is 0 Å². The van der Waals surface area contributed by atoms with Crippen molar-refractivity contribution in [2.75, 3.05) is 13.1 Å². The molecule has 1 fully saturated rings. The van der Waals surface area contributed by atoms with E-state index in [1.165, 1.54) is 11.1 Å². The molecular weight excluding hydrogens is 280 g/mol. The van der Waals surface area contributed by atoms with Crippen LogP contribution in [0.2, 0.25) is 0 Å². The molecule has 22 heavy (non-hydrogen) atoms. The second-order valence-corrected chi connectivity index (χ2v) is 6.10. The Balaban J connectivity index is 1.77. The predicted octanol–water partition coefficient (Wildman–Crippen LogP) is 1.93. The Bertz CT molecular complexity index is 748. The summed E-state index contributed by atoms with van der Waals surface area (Å²) in [5.41, 5.74) is 9.36. The first-order valence-corrected chi connectivity index (χ1v) is 7.50. The van der Waals surface area contributed by atoms with Crippen LogP contribution in [0.25, 0.3) is 11.0 Å². The minimum absolute atomic E-state index is 0.0182. The van der Waals surface area contributed by atoms with Crippen molar-refractivity contribution in [2.24, 2.45) is 11.7 Å². The first-order valence-electron chi connectivity index (χ1n) is 7.50. The Kier molecular flexibility index (Phi) is 3.64. The lowest BCUT2D eigenvalue weighted by Gasteiger charge is -2.15. The SMILES string of the molecule is Cc1cc2occ(CC(=O)N3CCC(C(N)=O)C3)c2cc1C. The van der Waals surface area contributed by atoms with Gasteiger partial charge in [0.2, 0.25) is 11.8 Å². The van der Waals surface area contributed by atoms with Gasteiger partial charge in [0.05, 0.1) is 18.6 Å². The number of nitrogens with zero attached hydrogens (tertiary/aromatic N) is 1. The molecule has 0 spiro atoms. The number of nitrogens with two attached hydrogens (primary N) is 1. The highest BCUT2D eigenvalue weighted by molar-refractivity contribution is 5.89. The van der Waals surface area contributed by atoms with Crippen LogP contribution in [0.5, 0.6) is 0 Å². The third kappa shape index (κ3) is 2.58. The number of furan rings is 1. The van der Waals surface area contributed by atoms with E-state index in [1.54, 1.807) is 11.2 Å². The molecule has 0 aliphatic carbocycles. The number of aryl methyl sites for hydroxylation is 2. The van der Waals surface area contributed by atoms with Crippen LogP contribution in [-0.2, 0) is 16.0 Å². The Morgan fingerprint density at radius 1 is 1.32 bits per heavy atom. The molecule has 2 heterocycles. The zero-order chi connectivity index (χ0) is 15.9. The number of rotatable bonds is 3. The maximum absolute atomic E-state index is 12.4. The fourth-order valence-electron chi connectivity index (χ4n) is 2.97. The summed E-state index contributed by atoms with van der Waals surface area (Å²) in [4.78, 5) is 25.3. The van der Waals surface area contributed by atoms with E-state index in [0.29, 0.717) is 25.9 Å². The monoisotopic (exact) mass is 300 g/mol. The normalized spacial score (nSPS) is 18.1. The van der Waals surface area contributed by atoms with Crippen LogP contribution in [0.15, 0.2) is 22.8 Å². The van der Waals surface area contributed by atoms with Crippen LogP contribution >= 0.6 is 0 Å². The second-order valence-electron chi connectivity index (χ2n) is 6.10. The Hall–Kier alpha value is -2.30. The van der Waals surface area contributed by atoms with E-state index in [2.05, 4.69) is 6.07 Å². The van der Waals surface area contributed by atoms with Gasteiger partial charge in [-0.05, 0) is 43.5 Å². The molecule has 3 rings (SSSR count). The molecule has 0 radical (unpaired) electrons. The summed E-state index contributed by atoms with van der Waals surface area (Å²) in [6.07, 6.45) is 2.61. The average molecular weight is 300 g/mol. The van der Waals surface area contributed by atoms with Gasteiger partial charge < -0.3 is 15.1 Å². The lowest BCUT2D eigenvalue weighted by Crippen LogP contribution is -2.32. The number of benzene rings is 1. The third-order valence-electron chi connectivity index (χ3n) is 4.56. The highest BCUT2D eigenvalue weighted by atomic mass is 16.3. The molecule has 1 aromatic carbocycles. The summed E-state index contributed by atoms with van der Waals surface area (Å²) in [6.45, 7) is 5.12. The van der Waals surface area contributed by atoms with Gasteiger partial charge in [-0.15, -0.1) is 0 Å². The van der Waals surface area contributed by atoms with Crippen LogP contribution in [0.3, 0.4) is 0 Å². The Morgan fingerprint density at radius 3 is 2.73 bits per heavy atom. The molecule has 1 aliphatic heterocycles. The number of likely N-dealkylation sites (tertiary alicyclic amines) is 1. The van der Waals surface area contributed by atoms with E-state index in [4.69, 9.17) is 10.2 Å². The molecule has 2 aromatic rings. The highest BCUT2D eigenvalue weighted by Gasteiger charge is 2.29. The van der Waals surface area contributed by atoms with Gasteiger partial charge in [-0.3, -0.25) is 9.59 Å². The molecule has 0 saturated carbocycles. The highest BCUT2D eigenvalue weighted by Crippen LogP contribution is 2.26. The number of fused-ring (bicyclic) bond motifs is 1. The fraction of sp³-hybridized carbons (Fsp3) is 0.412. The van der Waals surface area contributed by atoms with E-state index in [9.17, 15) is 9.59 Å². The summed E-state index contributed by atoms with van der Waals surface area (Å²) >= 11 is 0. The Labute approximate surface area is 129 Å². The van der Waals surface area contributed by atoms with Gasteiger partial charge >= 0.3 is 0 Å². The van der Waals surface area contributed by atoms with Gasteiger partial charge in [0.25, 0.3) is 0 Å². The first kappa shape index (κ1) is 14.6. The van der Waals surface area contributed by atoms with E-state index in [0.717, 1.165) is 16.5 Å². The van der Waals surface area contributed by atoms with Crippen LogP contribution in [0.4, 0.5) is 0 Å². The van der Waals surface area contributed by atoms with Crippen molar-refractivity contribution in [3.8, 4) is 0 Å². The predicted molar refractivity (Wildman–Crippen MR) is 83.3 cm³/mol. The molecule has 1 atom stereocenters. The lowest BCUT2D eigenvalue weighted by molar-refractivity contribution is -0.129. The van der Waals surface area contributed by atoms with Gasteiger partial charge in [-0.25, -0.2) is 0 Å². The summed E-state index contributed by atoms with van der Waals surface area (Å²) < 4.78 is 5.56. The minimum Gasteiger partial charge on any atom is -0.464 e. The van der Waals surface area contributed by atoms with Crippen molar-refractivity contribution in [2.45, 2.75) is 26.7 Å². The average Bonchev–Trinajstić information content (AvgIpc) is 3.08. The van der Waals surface area contributed by atoms with Gasteiger partial charge in [0.1, 0.15) is 5.58 Å². The van der Waals surface area contributed by atoms with E-state index >= 15 is 0 Å². The molecule has 1 aliphatic rings. The van der Waals surface area contributed by atoms with Crippen molar-refractivity contribution in [1.82, 2.24) is 4.90 Å². The van der Waals surface area contributed by atoms with Crippen LogP contribution in [0.1, 0.15) is 23.1 Å². The maximum Gasteiger partial charge on any atom is 0.227 e. The van der Waals surface area contributed by atoms with Gasteiger partial charge in [-0.1, -0.05) is 0 Å². The van der Waals surface area contributed by atoms with Crippen molar-refractivity contribution in [3.05, 3.63) is 35.1 Å². The zero-order valence-corrected chi connectivity index (χ0v) is 12.9. The fourth-order valence-corrected chi connectivity index (χ4v) is 2.97. The number of hydrogen-bond donors (Lipinski definition) is 1. The molecule has 116 valence electrons. The van der Waals surface area contributed by atoms with Gasteiger partial charge in [-0.2, -0.15) is 0 Å². The number of carbonyl (C=O) groups excluding carboxylic acids is 2. The number of primary amides is 1. The number of amides is 2. The van der Waals surface area contributed by atoms with Crippen LogP contribution < -0.4 is 5.73 Å². The Morgan fingerprint density at radius 2 is 2.05 bits per heavy atom. The molecule has 0 bridgehead atoms. The first-order chi connectivity index (χ1) is 10.5. The van der Waals surface area contributed by atoms with Gasteiger partial charge in [0, 0.05) is 24.0 Å².